The SMILES string of the molecule is COC1CCCN(S(=O)(=O)c2cc(CO)n(C3CC3)c2)C1. The van der Waals surface area contributed by atoms with Gasteiger partial charge in [-0.25, -0.2) is 8.42 Å². The zero-order valence-corrected chi connectivity index (χ0v) is 13.1. The molecule has 3 rings (SSSR count). The number of methoxy groups -OCH3 is 1. The van der Waals surface area contributed by atoms with Crippen LogP contribution in [0.4, 0.5) is 0 Å². The van der Waals surface area contributed by atoms with Gasteiger partial charge in [0.05, 0.1) is 12.7 Å². The molecular formula is C14H22N2O4S. The molecular weight excluding hydrogens is 292 g/mol. The third-order valence-corrected chi connectivity index (χ3v) is 6.15. The van der Waals surface area contributed by atoms with Crippen molar-refractivity contribution < 1.29 is 18.3 Å². The number of aromatic nitrogens is 1. The smallest absolute Gasteiger partial charge is 0.244 e. The molecule has 0 radical (unpaired) electrons. The minimum atomic E-state index is -3.50. The van der Waals surface area contributed by atoms with E-state index in [1.54, 1.807) is 19.4 Å². The fourth-order valence-corrected chi connectivity index (χ4v) is 4.48. The number of hydrogen-bond donors (Lipinski definition) is 1. The molecule has 1 aromatic heterocycles. The standard InChI is InChI=1S/C14H22N2O4S/c1-20-13-3-2-6-15(8-13)21(18,19)14-7-12(10-17)16(9-14)11-4-5-11/h7,9,11,13,17H,2-6,8,10H2,1H3. The monoisotopic (exact) mass is 314 g/mol. The van der Waals surface area contributed by atoms with Gasteiger partial charge in [-0.1, -0.05) is 0 Å². The average Bonchev–Trinajstić information content (AvgIpc) is 3.25. The van der Waals surface area contributed by atoms with E-state index in [0.717, 1.165) is 25.7 Å². The summed E-state index contributed by atoms with van der Waals surface area (Å²) in [7, 11) is -1.88. The van der Waals surface area contributed by atoms with Gasteiger partial charge >= 0.3 is 0 Å². The lowest BCUT2D eigenvalue weighted by Crippen LogP contribution is -2.42. The minimum absolute atomic E-state index is 0.0312. The van der Waals surface area contributed by atoms with E-state index in [2.05, 4.69) is 0 Å². The number of aliphatic hydroxyl groups excluding tert-OH is 1. The van der Waals surface area contributed by atoms with Crippen LogP contribution in [0.2, 0.25) is 0 Å². The summed E-state index contributed by atoms with van der Waals surface area (Å²) < 4.78 is 34.2. The van der Waals surface area contributed by atoms with E-state index in [1.807, 2.05) is 4.57 Å². The van der Waals surface area contributed by atoms with Gasteiger partial charge in [-0.2, -0.15) is 4.31 Å². The third kappa shape index (κ3) is 2.88. The van der Waals surface area contributed by atoms with Gasteiger partial charge in [-0.3, -0.25) is 0 Å². The normalized spacial score (nSPS) is 24.4. The van der Waals surface area contributed by atoms with E-state index < -0.39 is 10.0 Å². The van der Waals surface area contributed by atoms with Crippen molar-refractivity contribution in [3.8, 4) is 0 Å². The molecule has 1 aromatic rings. The van der Waals surface area contributed by atoms with Crippen LogP contribution in [0.15, 0.2) is 17.2 Å². The molecule has 2 heterocycles. The zero-order valence-electron chi connectivity index (χ0n) is 12.2. The maximum Gasteiger partial charge on any atom is 0.244 e. The molecule has 1 saturated heterocycles. The first-order valence-corrected chi connectivity index (χ1v) is 8.85. The molecule has 2 aliphatic rings. The number of rotatable bonds is 5. The minimum Gasteiger partial charge on any atom is -0.390 e. The van der Waals surface area contributed by atoms with Gasteiger partial charge in [0.2, 0.25) is 10.0 Å². The van der Waals surface area contributed by atoms with E-state index in [1.165, 1.54) is 4.31 Å². The van der Waals surface area contributed by atoms with Crippen LogP contribution >= 0.6 is 0 Å². The first-order chi connectivity index (χ1) is 10.1. The third-order valence-electron chi connectivity index (χ3n) is 4.32. The van der Waals surface area contributed by atoms with Crippen LogP contribution in [0, 0.1) is 0 Å². The fourth-order valence-electron chi connectivity index (χ4n) is 2.92. The second-order valence-electron chi connectivity index (χ2n) is 5.83. The molecule has 7 heteroatoms. The zero-order chi connectivity index (χ0) is 15.0. The van der Waals surface area contributed by atoms with Gasteiger partial charge in [-0.15, -0.1) is 0 Å². The number of sulfonamides is 1. The van der Waals surface area contributed by atoms with Crippen LogP contribution in [0.3, 0.4) is 0 Å². The first-order valence-electron chi connectivity index (χ1n) is 7.41. The maximum absolute atomic E-state index is 12.7. The van der Waals surface area contributed by atoms with Gasteiger partial charge in [0.1, 0.15) is 4.90 Å². The predicted molar refractivity (Wildman–Crippen MR) is 77.4 cm³/mol. The number of nitrogens with zero attached hydrogens (tertiary/aromatic N) is 2. The molecule has 1 unspecified atom stereocenters. The van der Waals surface area contributed by atoms with Crippen LogP contribution in [-0.2, 0) is 21.4 Å². The summed E-state index contributed by atoms with van der Waals surface area (Å²) >= 11 is 0. The molecule has 0 bridgehead atoms. The summed E-state index contributed by atoms with van der Waals surface area (Å²) in [5, 5.41) is 9.42. The molecule has 2 fully saturated rings. The summed E-state index contributed by atoms with van der Waals surface area (Å²) in [4.78, 5) is 0.287. The van der Waals surface area contributed by atoms with Crippen molar-refractivity contribution in [3.63, 3.8) is 0 Å². The van der Waals surface area contributed by atoms with Crippen LogP contribution < -0.4 is 0 Å². The molecule has 1 saturated carbocycles. The van der Waals surface area contributed by atoms with Gasteiger partial charge in [0.25, 0.3) is 0 Å². The predicted octanol–water partition coefficient (Wildman–Crippen LogP) is 1.11. The second kappa shape index (κ2) is 5.72. The van der Waals surface area contributed by atoms with Crippen molar-refractivity contribution in [2.75, 3.05) is 20.2 Å². The Kier molecular flexibility index (Phi) is 4.09. The Hall–Kier alpha value is -0.890. The highest BCUT2D eigenvalue weighted by atomic mass is 32.2. The van der Waals surface area contributed by atoms with Gasteiger partial charge in [0, 0.05) is 38.1 Å². The van der Waals surface area contributed by atoms with Crippen molar-refractivity contribution >= 4 is 10.0 Å². The van der Waals surface area contributed by atoms with E-state index in [9.17, 15) is 13.5 Å². The lowest BCUT2D eigenvalue weighted by molar-refractivity contribution is 0.0572. The molecule has 0 amide bonds. The Morgan fingerprint density at radius 3 is 2.76 bits per heavy atom. The molecule has 1 aliphatic carbocycles. The van der Waals surface area contributed by atoms with Gasteiger partial charge in [-0.05, 0) is 31.7 Å². The Morgan fingerprint density at radius 2 is 2.14 bits per heavy atom. The topological polar surface area (TPSA) is 71.8 Å². The van der Waals surface area contributed by atoms with Crippen molar-refractivity contribution in [2.24, 2.45) is 0 Å². The molecule has 0 aromatic carbocycles. The lowest BCUT2D eigenvalue weighted by atomic mass is 10.1. The fraction of sp³-hybridized carbons (Fsp3) is 0.714. The highest BCUT2D eigenvalue weighted by Gasteiger charge is 2.33. The number of piperidine rings is 1. The van der Waals surface area contributed by atoms with Crippen LogP contribution in [0.1, 0.15) is 37.4 Å². The lowest BCUT2D eigenvalue weighted by Gasteiger charge is -2.30. The van der Waals surface area contributed by atoms with Crippen LogP contribution in [0.5, 0.6) is 0 Å². The molecule has 1 atom stereocenters. The molecule has 1 N–H and O–H groups in total. The first kappa shape index (κ1) is 15.0. The molecule has 6 nitrogen and oxygen atoms in total. The van der Waals surface area contributed by atoms with E-state index in [4.69, 9.17) is 4.74 Å². The maximum atomic E-state index is 12.7. The van der Waals surface area contributed by atoms with Gasteiger partial charge in [0.15, 0.2) is 0 Å². The van der Waals surface area contributed by atoms with Crippen LogP contribution in [0.25, 0.3) is 0 Å². The van der Waals surface area contributed by atoms with Crippen molar-refractivity contribution in [3.05, 3.63) is 18.0 Å². The molecule has 1 aliphatic heterocycles. The van der Waals surface area contributed by atoms with Crippen molar-refractivity contribution in [1.29, 1.82) is 0 Å². The van der Waals surface area contributed by atoms with E-state index in [-0.39, 0.29) is 17.6 Å². The Labute approximate surface area is 125 Å². The number of ether oxygens (including phenoxy) is 1. The molecule has 0 spiro atoms. The molecule has 21 heavy (non-hydrogen) atoms. The number of aliphatic hydroxyl groups is 1. The molecule has 118 valence electrons. The summed E-state index contributed by atoms with van der Waals surface area (Å²) in [5.74, 6) is 0. The quantitative estimate of drug-likeness (QED) is 0.884. The highest BCUT2D eigenvalue weighted by molar-refractivity contribution is 7.89. The summed E-state index contributed by atoms with van der Waals surface area (Å²) in [6.07, 6.45) is 5.46. The van der Waals surface area contributed by atoms with Gasteiger partial charge < -0.3 is 14.4 Å². The summed E-state index contributed by atoms with van der Waals surface area (Å²) in [6, 6.07) is 1.95. The summed E-state index contributed by atoms with van der Waals surface area (Å²) in [6.45, 7) is 0.805. The summed E-state index contributed by atoms with van der Waals surface area (Å²) in [5.41, 5.74) is 0.677. The average molecular weight is 314 g/mol. The van der Waals surface area contributed by atoms with E-state index >= 15 is 0 Å². The Balaban J connectivity index is 1.87. The number of hydrogen-bond acceptors (Lipinski definition) is 4. The largest absolute Gasteiger partial charge is 0.390 e. The van der Waals surface area contributed by atoms with Crippen molar-refractivity contribution in [2.45, 2.75) is 49.3 Å². The Bertz CT molecular complexity index is 606. The Morgan fingerprint density at radius 1 is 1.38 bits per heavy atom. The highest BCUT2D eigenvalue weighted by Crippen LogP contribution is 2.37. The van der Waals surface area contributed by atoms with Crippen molar-refractivity contribution in [1.82, 2.24) is 8.87 Å². The van der Waals surface area contributed by atoms with E-state index in [0.29, 0.717) is 24.8 Å². The van der Waals surface area contributed by atoms with Crippen LogP contribution in [-0.4, -0.2) is 48.7 Å². The second-order valence-corrected chi connectivity index (χ2v) is 7.76.